The number of ether oxygens (including phenoxy) is 1. The molecule has 1 amide bonds. The topological polar surface area (TPSA) is 63.7 Å². The second-order valence-corrected chi connectivity index (χ2v) is 8.34. The molecular weight excluding hydrogens is 326 g/mol. The van der Waals surface area contributed by atoms with E-state index in [1.807, 2.05) is 0 Å². The number of carbonyl (C=O) groups is 1. The van der Waals surface area contributed by atoms with Gasteiger partial charge in [-0.05, 0) is 30.5 Å². The molecule has 1 aliphatic rings. The highest BCUT2D eigenvalue weighted by molar-refractivity contribution is 7.91. The SMILES string of the molecule is COc1ccc(Cl)cc1CN(C)C(=O)C[C@H]1CCS(=O)(=O)C1. The van der Waals surface area contributed by atoms with Gasteiger partial charge < -0.3 is 9.64 Å². The molecule has 5 nitrogen and oxygen atoms in total. The first-order valence-electron chi connectivity index (χ1n) is 7.07. The highest BCUT2D eigenvalue weighted by Crippen LogP contribution is 2.25. The van der Waals surface area contributed by atoms with Crippen molar-refractivity contribution in [2.45, 2.75) is 19.4 Å². The molecule has 1 fully saturated rings. The summed E-state index contributed by atoms with van der Waals surface area (Å²) in [6.07, 6.45) is 0.834. The van der Waals surface area contributed by atoms with E-state index in [9.17, 15) is 13.2 Å². The summed E-state index contributed by atoms with van der Waals surface area (Å²) in [5.74, 6) is 0.849. The smallest absolute Gasteiger partial charge is 0.222 e. The van der Waals surface area contributed by atoms with Crippen LogP contribution in [0.25, 0.3) is 0 Å². The van der Waals surface area contributed by atoms with Crippen molar-refractivity contribution in [3.63, 3.8) is 0 Å². The van der Waals surface area contributed by atoms with Crippen LogP contribution >= 0.6 is 11.6 Å². The van der Waals surface area contributed by atoms with Gasteiger partial charge in [0, 0.05) is 30.6 Å². The molecule has 0 bridgehead atoms. The maximum Gasteiger partial charge on any atom is 0.222 e. The van der Waals surface area contributed by atoms with Gasteiger partial charge in [0.05, 0.1) is 18.6 Å². The Bertz CT molecular complexity index is 660. The number of halogens is 1. The zero-order valence-electron chi connectivity index (χ0n) is 12.7. The van der Waals surface area contributed by atoms with E-state index >= 15 is 0 Å². The molecule has 2 rings (SSSR count). The predicted octanol–water partition coefficient (Wildman–Crippen LogP) is 2.13. The normalized spacial score (nSPS) is 19.9. The lowest BCUT2D eigenvalue weighted by atomic mass is 10.0. The van der Waals surface area contributed by atoms with Gasteiger partial charge in [0.1, 0.15) is 5.75 Å². The van der Waals surface area contributed by atoms with Crippen molar-refractivity contribution in [3.05, 3.63) is 28.8 Å². The van der Waals surface area contributed by atoms with Gasteiger partial charge in [0.15, 0.2) is 9.84 Å². The number of amides is 1. The minimum Gasteiger partial charge on any atom is -0.496 e. The van der Waals surface area contributed by atoms with Crippen LogP contribution in [0.4, 0.5) is 0 Å². The molecule has 0 N–H and O–H groups in total. The number of sulfone groups is 1. The zero-order chi connectivity index (χ0) is 16.3. The molecule has 1 aromatic rings. The van der Waals surface area contributed by atoms with Crippen molar-refractivity contribution in [2.75, 3.05) is 25.7 Å². The van der Waals surface area contributed by atoms with Crippen LogP contribution in [0, 0.1) is 5.92 Å². The summed E-state index contributed by atoms with van der Waals surface area (Å²) < 4.78 is 28.2. The number of rotatable bonds is 5. The van der Waals surface area contributed by atoms with E-state index in [2.05, 4.69) is 0 Å². The average molecular weight is 346 g/mol. The van der Waals surface area contributed by atoms with Crippen molar-refractivity contribution in [3.8, 4) is 5.75 Å². The summed E-state index contributed by atoms with van der Waals surface area (Å²) in [6.45, 7) is 0.377. The Labute approximate surface area is 136 Å². The zero-order valence-corrected chi connectivity index (χ0v) is 14.3. The largest absolute Gasteiger partial charge is 0.496 e. The number of hydrogen-bond donors (Lipinski definition) is 0. The van der Waals surface area contributed by atoms with E-state index in [1.54, 1.807) is 37.3 Å². The third-order valence-corrected chi connectivity index (χ3v) is 5.94. The van der Waals surface area contributed by atoms with E-state index in [1.165, 1.54) is 0 Å². The van der Waals surface area contributed by atoms with Crippen LogP contribution in [-0.2, 0) is 21.2 Å². The maximum atomic E-state index is 12.3. The van der Waals surface area contributed by atoms with Crippen LogP contribution < -0.4 is 4.74 Å². The van der Waals surface area contributed by atoms with Gasteiger partial charge in [0.25, 0.3) is 0 Å². The molecule has 0 saturated carbocycles. The third kappa shape index (κ3) is 4.36. The molecule has 1 atom stereocenters. The third-order valence-electron chi connectivity index (χ3n) is 3.87. The van der Waals surface area contributed by atoms with Gasteiger partial charge in [-0.2, -0.15) is 0 Å². The lowest BCUT2D eigenvalue weighted by molar-refractivity contribution is -0.131. The molecular formula is C15H20ClNO4S. The fourth-order valence-corrected chi connectivity index (χ4v) is 4.71. The molecule has 0 radical (unpaired) electrons. The Morgan fingerprint density at radius 2 is 2.18 bits per heavy atom. The number of nitrogens with zero attached hydrogens (tertiary/aromatic N) is 1. The number of carbonyl (C=O) groups excluding carboxylic acids is 1. The lowest BCUT2D eigenvalue weighted by Crippen LogP contribution is -2.28. The molecule has 1 heterocycles. The van der Waals surface area contributed by atoms with Gasteiger partial charge >= 0.3 is 0 Å². The van der Waals surface area contributed by atoms with Gasteiger partial charge in [-0.1, -0.05) is 11.6 Å². The average Bonchev–Trinajstić information content (AvgIpc) is 2.78. The maximum absolute atomic E-state index is 12.3. The van der Waals surface area contributed by atoms with Crippen molar-refractivity contribution in [2.24, 2.45) is 5.92 Å². The molecule has 1 aromatic carbocycles. The summed E-state index contributed by atoms with van der Waals surface area (Å²) in [5, 5.41) is 0.582. The van der Waals surface area contributed by atoms with E-state index < -0.39 is 9.84 Å². The minimum atomic E-state index is -2.95. The summed E-state index contributed by atoms with van der Waals surface area (Å²) in [6, 6.07) is 5.26. The van der Waals surface area contributed by atoms with Crippen LogP contribution in [-0.4, -0.2) is 44.9 Å². The van der Waals surface area contributed by atoms with Crippen LogP contribution in [0.1, 0.15) is 18.4 Å². The van der Waals surface area contributed by atoms with E-state index in [0.717, 1.165) is 5.56 Å². The predicted molar refractivity (Wildman–Crippen MR) is 85.9 cm³/mol. The van der Waals surface area contributed by atoms with E-state index in [-0.39, 0.29) is 29.8 Å². The van der Waals surface area contributed by atoms with Crippen LogP contribution in [0.15, 0.2) is 18.2 Å². The molecule has 7 heteroatoms. The molecule has 0 aliphatic carbocycles. The quantitative estimate of drug-likeness (QED) is 0.820. The first-order chi connectivity index (χ1) is 10.3. The van der Waals surface area contributed by atoms with E-state index in [0.29, 0.717) is 23.7 Å². The van der Waals surface area contributed by atoms with Crippen molar-refractivity contribution in [1.82, 2.24) is 4.90 Å². The number of methoxy groups -OCH3 is 1. The van der Waals surface area contributed by atoms with Crippen LogP contribution in [0.3, 0.4) is 0 Å². The van der Waals surface area contributed by atoms with Gasteiger partial charge in [-0.15, -0.1) is 0 Å². The summed E-state index contributed by atoms with van der Waals surface area (Å²) in [4.78, 5) is 13.8. The Morgan fingerprint density at radius 3 is 2.77 bits per heavy atom. The summed E-state index contributed by atoms with van der Waals surface area (Å²) in [7, 11) is 0.318. The van der Waals surface area contributed by atoms with Crippen molar-refractivity contribution in [1.29, 1.82) is 0 Å². The van der Waals surface area contributed by atoms with E-state index in [4.69, 9.17) is 16.3 Å². The Kier molecular flexibility index (Phi) is 5.34. The van der Waals surface area contributed by atoms with Crippen LogP contribution in [0.2, 0.25) is 5.02 Å². The second kappa shape index (κ2) is 6.87. The lowest BCUT2D eigenvalue weighted by Gasteiger charge is -2.20. The monoisotopic (exact) mass is 345 g/mol. The number of benzene rings is 1. The first-order valence-corrected chi connectivity index (χ1v) is 9.27. The summed E-state index contributed by atoms with van der Waals surface area (Å²) >= 11 is 5.98. The number of hydrogen-bond acceptors (Lipinski definition) is 4. The Balaban J connectivity index is 1.98. The molecule has 1 saturated heterocycles. The summed E-state index contributed by atoms with van der Waals surface area (Å²) in [5.41, 5.74) is 0.824. The fraction of sp³-hybridized carbons (Fsp3) is 0.533. The molecule has 0 aromatic heterocycles. The standard InChI is InChI=1S/C15H20ClNO4S/c1-17(9-12-8-13(16)3-4-14(12)21-2)15(18)7-11-5-6-22(19,20)10-11/h3-4,8,11H,5-7,9-10H2,1-2H3/t11-/m1/s1. The van der Waals surface area contributed by atoms with Gasteiger partial charge in [-0.25, -0.2) is 8.42 Å². The Hall–Kier alpha value is -1.27. The second-order valence-electron chi connectivity index (χ2n) is 5.68. The van der Waals surface area contributed by atoms with Crippen molar-refractivity contribution < 1.29 is 17.9 Å². The molecule has 122 valence electrons. The molecule has 1 aliphatic heterocycles. The van der Waals surface area contributed by atoms with Crippen LogP contribution in [0.5, 0.6) is 5.75 Å². The fourth-order valence-electron chi connectivity index (χ4n) is 2.65. The highest BCUT2D eigenvalue weighted by Gasteiger charge is 2.30. The highest BCUT2D eigenvalue weighted by atomic mass is 35.5. The first kappa shape index (κ1) is 17.1. The van der Waals surface area contributed by atoms with Gasteiger partial charge in [-0.3, -0.25) is 4.79 Å². The molecule has 0 unspecified atom stereocenters. The minimum absolute atomic E-state index is 0.0656. The Morgan fingerprint density at radius 1 is 1.45 bits per heavy atom. The van der Waals surface area contributed by atoms with Crippen molar-refractivity contribution >= 4 is 27.3 Å². The molecule has 22 heavy (non-hydrogen) atoms. The van der Waals surface area contributed by atoms with Gasteiger partial charge in [0.2, 0.25) is 5.91 Å². The molecule has 0 spiro atoms.